The lowest BCUT2D eigenvalue weighted by molar-refractivity contribution is -0.193. The van der Waals surface area contributed by atoms with Crippen LogP contribution in [0.25, 0.3) is 0 Å². The van der Waals surface area contributed by atoms with Crippen molar-refractivity contribution >= 4 is 11.9 Å². The van der Waals surface area contributed by atoms with E-state index in [4.69, 9.17) is 29.8 Å². The Morgan fingerprint density at radius 2 is 1.68 bits per heavy atom. The smallest absolute Gasteiger partial charge is 0.475 e. The van der Waals surface area contributed by atoms with Crippen LogP contribution in [-0.2, 0) is 20.9 Å². The highest BCUT2D eigenvalue weighted by Gasteiger charge is 2.39. The molecule has 2 atom stereocenters. The van der Waals surface area contributed by atoms with E-state index >= 15 is 0 Å². The lowest BCUT2D eigenvalue weighted by atomic mass is 9.93. The average Bonchev–Trinajstić information content (AvgIpc) is 3.00. The van der Waals surface area contributed by atoms with Crippen molar-refractivity contribution in [1.82, 2.24) is 9.80 Å². The number of carboxylic acids is 2. The Morgan fingerprint density at radius 3 is 2.19 bits per heavy atom. The van der Waals surface area contributed by atoms with Gasteiger partial charge in [-0.3, -0.25) is 9.80 Å². The van der Waals surface area contributed by atoms with Crippen molar-refractivity contribution in [3.63, 3.8) is 0 Å². The first-order valence-electron chi connectivity index (χ1n) is 10.9. The summed E-state index contributed by atoms with van der Waals surface area (Å²) >= 11 is 0. The Bertz CT molecular complexity index is 924. The number of benzene rings is 1. The third kappa shape index (κ3) is 12.1. The second-order valence-electron chi connectivity index (χ2n) is 8.16. The standard InChI is InChI=1S/C19H25N3O.2C2HF3O2/c1-2-7-21-9-10-23-19-15-22(8-6-18(19)14-21)13-17-5-3-4-16(11-17)12-20;2*3-2(4,5)1(6)7/h2-5,11,18-19H,1,6-10,13-15H2;2*(H,6,7)/t18-,19-;;/m1../s1. The van der Waals surface area contributed by atoms with Gasteiger partial charge in [-0.25, -0.2) is 9.59 Å². The summed E-state index contributed by atoms with van der Waals surface area (Å²) in [5, 5.41) is 23.3. The zero-order valence-corrected chi connectivity index (χ0v) is 19.6. The Hall–Kier alpha value is -3.15. The highest BCUT2D eigenvalue weighted by molar-refractivity contribution is 5.73. The highest BCUT2D eigenvalue weighted by Crippen LogP contribution is 2.25. The van der Waals surface area contributed by atoms with E-state index in [0.29, 0.717) is 12.0 Å². The van der Waals surface area contributed by atoms with Crippen LogP contribution in [0.4, 0.5) is 26.3 Å². The van der Waals surface area contributed by atoms with Crippen molar-refractivity contribution in [1.29, 1.82) is 5.26 Å². The number of carbonyl (C=O) groups is 2. The predicted octanol–water partition coefficient (Wildman–Crippen LogP) is 3.53. The van der Waals surface area contributed by atoms with Crippen LogP contribution in [0.5, 0.6) is 0 Å². The first-order valence-corrected chi connectivity index (χ1v) is 10.9. The lowest BCUT2D eigenvalue weighted by Crippen LogP contribution is -2.46. The molecule has 0 aliphatic carbocycles. The molecule has 37 heavy (non-hydrogen) atoms. The maximum absolute atomic E-state index is 10.6. The normalized spacial score (nSPS) is 20.5. The van der Waals surface area contributed by atoms with E-state index in [2.05, 4.69) is 28.5 Å². The number of nitrogens with zero attached hydrogens (tertiary/aromatic N) is 3. The van der Waals surface area contributed by atoms with Crippen molar-refractivity contribution in [2.24, 2.45) is 5.92 Å². The minimum atomic E-state index is -5.08. The van der Waals surface area contributed by atoms with Crippen LogP contribution in [-0.4, -0.2) is 89.7 Å². The third-order valence-corrected chi connectivity index (χ3v) is 5.35. The third-order valence-electron chi connectivity index (χ3n) is 5.35. The maximum atomic E-state index is 10.6. The summed E-state index contributed by atoms with van der Waals surface area (Å²) in [4.78, 5) is 22.7. The molecule has 14 heteroatoms. The van der Waals surface area contributed by atoms with Crippen LogP contribution >= 0.6 is 0 Å². The molecule has 1 aromatic carbocycles. The zero-order valence-electron chi connectivity index (χ0n) is 19.6. The van der Waals surface area contributed by atoms with Gasteiger partial charge in [0.05, 0.1) is 24.3 Å². The van der Waals surface area contributed by atoms with Gasteiger partial charge in [-0.05, 0) is 30.7 Å². The summed E-state index contributed by atoms with van der Waals surface area (Å²) in [6.45, 7) is 10.7. The van der Waals surface area contributed by atoms with Gasteiger partial charge in [-0.2, -0.15) is 31.6 Å². The van der Waals surface area contributed by atoms with Gasteiger partial charge in [0.25, 0.3) is 0 Å². The van der Waals surface area contributed by atoms with Gasteiger partial charge >= 0.3 is 24.3 Å². The number of rotatable bonds is 4. The largest absolute Gasteiger partial charge is 0.490 e. The van der Waals surface area contributed by atoms with E-state index in [1.165, 1.54) is 12.0 Å². The summed E-state index contributed by atoms with van der Waals surface area (Å²) in [5.74, 6) is -4.89. The number of alkyl halides is 6. The highest BCUT2D eigenvalue weighted by atomic mass is 19.4. The number of carboxylic acid groups (broad SMARTS) is 2. The topological polar surface area (TPSA) is 114 Å². The number of nitriles is 1. The SMILES string of the molecule is C=CCN1CCO[C@@H]2CN(Cc3cccc(C#N)c3)CC[C@@H]2C1.O=C(O)C(F)(F)F.O=C(O)C(F)(F)F. The molecule has 0 aromatic heterocycles. The molecule has 206 valence electrons. The van der Waals surface area contributed by atoms with Crippen molar-refractivity contribution in [3.8, 4) is 6.07 Å². The number of hydrogen-bond donors (Lipinski definition) is 2. The van der Waals surface area contributed by atoms with E-state index in [1.54, 1.807) is 0 Å². The number of hydrogen-bond acceptors (Lipinski definition) is 6. The molecule has 0 spiro atoms. The number of aliphatic carboxylic acids is 2. The van der Waals surface area contributed by atoms with Crippen LogP contribution in [0.3, 0.4) is 0 Å². The summed E-state index contributed by atoms with van der Waals surface area (Å²) in [6, 6.07) is 10.1. The van der Waals surface area contributed by atoms with Crippen LogP contribution < -0.4 is 0 Å². The van der Waals surface area contributed by atoms with E-state index in [0.717, 1.165) is 51.4 Å². The molecule has 0 unspecified atom stereocenters. The molecule has 0 amide bonds. The minimum absolute atomic E-state index is 0.331. The van der Waals surface area contributed by atoms with E-state index in [-0.39, 0.29) is 0 Å². The predicted molar refractivity (Wildman–Crippen MR) is 118 cm³/mol. The first-order chi connectivity index (χ1) is 17.2. The second-order valence-corrected chi connectivity index (χ2v) is 8.16. The number of ether oxygens (including phenoxy) is 1. The zero-order chi connectivity index (χ0) is 28.2. The molecule has 2 saturated heterocycles. The molecular formula is C23H27F6N3O5. The number of piperidine rings is 1. The van der Waals surface area contributed by atoms with E-state index < -0.39 is 24.3 Å². The number of fused-ring (bicyclic) bond motifs is 1. The number of likely N-dealkylation sites (tertiary alicyclic amines) is 1. The summed E-state index contributed by atoms with van der Waals surface area (Å²) in [5.41, 5.74) is 1.95. The molecule has 0 radical (unpaired) electrons. The molecule has 2 aliphatic heterocycles. The second kappa shape index (κ2) is 14.6. The van der Waals surface area contributed by atoms with Crippen LogP contribution in [0.1, 0.15) is 17.5 Å². The summed E-state index contributed by atoms with van der Waals surface area (Å²) in [7, 11) is 0. The molecule has 0 saturated carbocycles. The van der Waals surface area contributed by atoms with Crippen LogP contribution in [0.2, 0.25) is 0 Å². The molecule has 0 bridgehead atoms. The Kier molecular flexibility index (Phi) is 12.5. The number of halogens is 6. The molecule has 2 heterocycles. The van der Waals surface area contributed by atoms with Crippen LogP contribution in [0.15, 0.2) is 36.9 Å². The van der Waals surface area contributed by atoms with Crippen molar-refractivity contribution in [2.45, 2.75) is 31.4 Å². The quantitative estimate of drug-likeness (QED) is 0.441. The lowest BCUT2D eigenvalue weighted by Gasteiger charge is -2.38. The molecule has 2 fully saturated rings. The van der Waals surface area contributed by atoms with Gasteiger partial charge in [-0.1, -0.05) is 18.2 Å². The summed E-state index contributed by atoms with van der Waals surface area (Å²) < 4.78 is 69.6. The van der Waals surface area contributed by atoms with Crippen LogP contribution in [0, 0.1) is 17.2 Å². The first kappa shape index (κ1) is 31.9. The monoisotopic (exact) mass is 539 g/mol. The average molecular weight is 539 g/mol. The maximum Gasteiger partial charge on any atom is 0.490 e. The van der Waals surface area contributed by atoms with Gasteiger partial charge in [0.2, 0.25) is 0 Å². The molecule has 8 nitrogen and oxygen atoms in total. The Labute approximate surface area is 209 Å². The van der Waals surface area contributed by atoms with Gasteiger partial charge < -0.3 is 14.9 Å². The van der Waals surface area contributed by atoms with Gasteiger partial charge in [-0.15, -0.1) is 6.58 Å². The van der Waals surface area contributed by atoms with E-state index in [9.17, 15) is 26.3 Å². The fraction of sp³-hybridized carbons (Fsp3) is 0.522. The fourth-order valence-electron chi connectivity index (χ4n) is 3.67. The van der Waals surface area contributed by atoms with E-state index in [1.807, 2.05) is 24.3 Å². The molecular weight excluding hydrogens is 512 g/mol. The van der Waals surface area contributed by atoms with Crippen molar-refractivity contribution in [2.75, 3.05) is 39.3 Å². The van der Waals surface area contributed by atoms with Crippen molar-refractivity contribution < 1.29 is 50.9 Å². The molecule has 1 aromatic rings. The molecule has 2 aliphatic rings. The molecule has 2 N–H and O–H groups in total. The fourth-order valence-corrected chi connectivity index (χ4v) is 3.67. The molecule has 3 rings (SSSR count). The van der Waals surface area contributed by atoms with Gasteiger partial charge in [0.15, 0.2) is 0 Å². The Balaban J connectivity index is 0.000000404. The van der Waals surface area contributed by atoms with Gasteiger partial charge in [0, 0.05) is 38.6 Å². The minimum Gasteiger partial charge on any atom is -0.475 e. The Morgan fingerprint density at radius 1 is 1.08 bits per heavy atom. The summed E-state index contributed by atoms with van der Waals surface area (Å²) in [6.07, 6.45) is -6.67. The van der Waals surface area contributed by atoms with Crippen molar-refractivity contribution in [3.05, 3.63) is 48.0 Å². The van der Waals surface area contributed by atoms with Gasteiger partial charge in [0.1, 0.15) is 0 Å².